The standard InChI is InChI=1S/C11H12FNS/c1-3-11(2)5-8(12)4-9-10(6-11)14-7-13-9/h4-7H,3H2,1-2H3. The third-order valence-corrected chi connectivity index (χ3v) is 3.38. The highest BCUT2D eigenvalue weighted by atomic mass is 32.1. The van der Waals surface area contributed by atoms with E-state index in [-0.39, 0.29) is 11.2 Å². The third kappa shape index (κ3) is 1.64. The van der Waals surface area contributed by atoms with Crippen molar-refractivity contribution in [1.29, 1.82) is 0 Å². The molecule has 1 aromatic rings. The van der Waals surface area contributed by atoms with Gasteiger partial charge < -0.3 is 0 Å². The Hall–Kier alpha value is -0.960. The average molecular weight is 209 g/mol. The van der Waals surface area contributed by atoms with Gasteiger partial charge in [0.15, 0.2) is 0 Å². The minimum Gasteiger partial charge on any atom is -0.245 e. The molecule has 0 spiro atoms. The Morgan fingerprint density at radius 1 is 1.50 bits per heavy atom. The van der Waals surface area contributed by atoms with Crippen molar-refractivity contribution in [2.24, 2.45) is 5.41 Å². The number of halogens is 1. The van der Waals surface area contributed by atoms with Crippen LogP contribution >= 0.6 is 11.3 Å². The fourth-order valence-electron chi connectivity index (χ4n) is 1.51. The lowest BCUT2D eigenvalue weighted by molar-refractivity contribution is 0.544. The Kier molecular flexibility index (Phi) is 2.27. The molecule has 1 heterocycles. The summed E-state index contributed by atoms with van der Waals surface area (Å²) < 4.78 is 14.5. The lowest BCUT2D eigenvalue weighted by Gasteiger charge is -2.18. The normalized spacial score (nSPS) is 25.5. The highest BCUT2D eigenvalue weighted by molar-refractivity contribution is 7.07. The van der Waals surface area contributed by atoms with Crippen LogP contribution in [-0.2, 0) is 0 Å². The van der Waals surface area contributed by atoms with E-state index in [1.54, 1.807) is 22.9 Å². The van der Waals surface area contributed by atoms with Gasteiger partial charge in [-0.15, -0.1) is 11.3 Å². The first kappa shape index (κ1) is 9.59. The summed E-state index contributed by atoms with van der Waals surface area (Å²) in [6.45, 7) is 4.10. The molecule has 2 rings (SSSR count). The van der Waals surface area contributed by atoms with E-state index < -0.39 is 0 Å². The summed E-state index contributed by atoms with van der Waals surface area (Å²) in [5.74, 6) is -0.185. The summed E-state index contributed by atoms with van der Waals surface area (Å²) in [5.41, 5.74) is 1.57. The molecule has 1 aliphatic carbocycles. The highest BCUT2D eigenvalue weighted by Gasteiger charge is 2.18. The average Bonchev–Trinajstić information content (AvgIpc) is 2.48. The fourth-order valence-corrected chi connectivity index (χ4v) is 2.36. The molecule has 0 aliphatic heterocycles. The van der Waals surface area contributed by atoms with Crippen LogP contribution in [0.4, 0.5) is 4.39 Å². The predicted molar refractivity (Wildman–Crippen MR) is 57.9 cm³/mol. The molecule has 0 radical (unpaired) electrons. The van der Waals surface area contributed by atoms with Gasteiger partial charge in [-0.1, -0.05) is 19.9 Å². The Bertz CT molecular complexity index is 486. The van der Waals surface area contributed by atoms with Gasteiger partial charge in [-0.25, -0.2) is 9.37 Å². The van der Waals surface area contributed by atoms with Crippen molar-refractivity contribution in [1.82, 2.24) is 4.98 Å². The first-order valence-electron chi connectivity index (χ1n) is 4.65. The molecule has 0 fully saturated rings. The van der Waals surface area contributed by atoms with Crippen molar-refractivity contribution in [2.75, 3.05) is 0 Å². The second-order valence-electron chi connectivity index (χ2n) is 3.78. The first-order valence-corrected chi connectivity index (χ1v) is 5.53. The van der Waals surface area contributed by atoms with Crippen LogP contribution in [0.5, 0.6) is 0 Å². The molecule has 0 aromatic carbocycles. The van der Waals surface area contributed by atoms with Crippen molar-refractivity contribution in [3.8, 4) is 0 Å². The molecule has 0 saturated carbocycles. The van der Waals surface area contributed by atoms with Crippen LogP contribution in [0, 0.1) is 5.41 Å². The number of allylic oxidation sites excluding steroid dienone is 2. The molecule has 0 saturated heterocycles. The Morgan fingerprint density at radius 2 is 2.29 bits per heavy atom. The van der Waals surface area contributed by atoms with Crippen molar-refractivity contribution in [3.63, 3.8) is 0 Å². The van der Waals surface area contributed by atoms with Gasteiger partial charge in [0.05, 0.1) is 15.4 Å². The second-order valence-corrected chi connectivity index (χ2v) is 4.67. The summed E-state index contributed by atoms with van der Waals surface area (Å²) in [7, 11) is 0. The van der Waals surface area contributed by atoms with Crippen molar-refractivity contribution >= 4 is 23.5 Å². The molecule has 1 nitrogen and oxygen atoms in total. The number of rotatable bonds is 1. The van der Waals surface area contributed by atoms with Crippen LogP contribution in [0.1, 0.15) is 20.3 Å². The first-order chi connectivity index (χ1) is 6.63. The second kappa shape index (κ2) is 3.31. The minimum absolute atomic E-state index is 0.182. The zero-order valence-electron chi connectivity index (χ0n) is 8.25. The van der Waals surface area contributed by atoms with Crippen LogP contribution in [0.3, 0.4) is 0 Å². The summed E-state index contributed by atoms with van der Waals surface area (Å²) in [6.07, 6.45) is 6.17. The molecule has 1 atom stereocenters. The SMILES string of the molecule is CCC1(C)C=C(F)C=c2ncsc2=C1. The zero-order chi connectivity index (χ0) is 10.2. The molecule has 0 N–H and O–H groups in total. The summed E-state index contributed by atoms with van der Waals surface area (Å²) in [6, 6.07) is 0. The van der Waals surface area contributed by atoms with E-state index in [1.807, 2.05) is 6.92 Å². The predicted octanol–water partition coefficient (Wildman–Crippen LogP) is 1.99. The van der Waals surface area contributed by atoms with Gasteiger partial charge in [0.1, 0.15) is 5.83 Å². The maximum absolute atomic E-state index is 13.4. The molecule has 74 valence electrons. The summed E-state index contributed by atoms with van der Waals surface area (Å²) >= 11 is 1.56. The van der Waals surface area contributed by atoms with E-state index in [9.17, 15) is 4.39 Å². The lowest BCUT2D eigenvalue weighted by Crippen LogP contribution is -2.22. The van der Waals surface area contributed by atoms with E-state index in [0.29, 0.717) is 0 Å². The Labute approximate surface area is 86.3 Å². The van der Waals surface area contributed by atoms with E-state index in [2.05, 4.69) is 18.0 Å². The van der Waals surface area contributed by atoms with E-state index >= 15 is 0 Å². The molecule has 0 amide bonds. The number of hydrogen-bond donors (Lipinski definition) is 0. The Balaban J connectivity index is 2.71. The molecular formula is C11H12FNS. The Morgan fingerprint density at radius 3 is 3.00 bits per heavy atom. The smallest absolute Gasteiger partial charge is 0.122 e. The lowest BCUT2D eigenvalue weighted by atomic mass is 9.87. The maximum Gasteiger partial charge on any atom is 0.122 e. The molecule has 1 aliphatic rings. The van der Waals surface area contributed by atoms with Crippen LogP contribution in [0.2, 0.25) is 0 Å². The zero-order valence-corrected chi connectivity index (χ0v) is 9.07. The van der Waals surface area contributed by atoms with Gasteiger partial charge in [-0.05, 0) is 12.5 Å². The quantitative estimate of drug-likeness (QED) is 0.689. The largest absolute Gasteiger partial charge is 0.245 e. The van der Waals surface area contributed by atoms with Crippen LogP contribution in [0.25, 0.3) is 12.2 Å². The summed E-state index contributed by atoms with van der Waals surface area (Å²) in [5, 5.41) is 0.751. The fraction of sp³-hybridized carbons (Fsp3) is 0.364. The van der Waals surface area contributed by atoms with Crippen LogP contribution in [0.15, 0.2) is 17.4 Å². The van der Waals surface area contributed by atoms with E-state index in [0.717, 1.165) is 16.3 Å². The molecule has 3 heteroatoms. The van der Waals surface area contributed by atoms with E-state index in [4.69, 9.17) is 0 Å². The molecular weight excluding hydrogens is 197 g/mol. The number of aromatic nitrogens is 1. The molecule has 0 bridgehead atoms. The van der Waals surface area contributed by atoms with Gasteiger partial charge in [-0.3, -0.25) is 0 Å². The highest BCUT2D eigenvalue weighted by Crippen LogP contribution is 2.28. The number of fused-ring (bicyclic) bond motifs is 1. The van der Waals surface area contributed by atoms with Gasteiger partial charge in [0.25, 0.3) is 0 Å². The van der Waals surface area contributed by atoms with Gasteiger partial charge in [0, 0.05) is 11.5 Å². The molecule has 14 heavy (non-hydrogen) atoms. The van der Waals surface area contributed by atoms with Gasteiger partial charge >= 0.3 is 0 Å². The van der Waals surface area contributed by atoms with E-state index in [1.165, 1.54) is 6.08 Å². The maximum atomic E-state index is 13.4. The number of nitrogens with zero attached hydrogens (tertiary/aromatic N) is 1. The molecule has 1 aromatic heterocycles. The van der Waals surface area contributed by atoms with Crippen LogP contribution in [-0.4, -0.2) is 4.98 Å². The summed E-state index contributed by atoms with van der Waals surface area (Å²) in [4.78, 5) is 4.12. The topological polar surface area (TPSA) is 12.9 Å². The van der Waals surface area contributed by atoms with Crippen LogP contribution < -0.4 is 9.88 Å². The number of thiazole rings is 1. The van der Waals surface area contributed by atoms with Crippen molar-refractivity contribution < 1.29 is 4.39 Å². The van der Waals surface area contributed by atoms with Crippen molar-refractivity contribution in [2.45, 2.75) is 20.3 Å². The monoisotopic (exact) mass is 209 g/mol. The van der Waals surface area contributed by atoms with Crippen molar-refractivity contribution in [3.05, 3.63) is 27.3 Å². The third-order valence-electron chi connectivity index (χ3n) is 2.59. The number of hydrogen-bond acceptors (Lipinski definition) is 2. The molecule has 1 unspecified atom stereocenters. The van der Waals surface area contributed by atoms with Gasteiger partial charge in [0.2, 0.25) is 0 Å². The van der Waals surface area contributed by atoms with Gasteiger partial charge in [-0.2, -0.15) is 0 Å². The minimum atomic E-state index is -0.185.